The highest BCUT2D eigenvalue weighted by Crippen LogP contribution is 2.31. The molecule has 1 aromatic heterocycles. The van der Waals surface area contributed by atoms with Crippen LogP contribution in [-0.4, -0.2) is 30.6 Å². The van der Waals surface area contributed by atoms with E-state index in [9.17, 15) is 13.2 Å². The summed E-state index contributed by atoms with van der Waals surface area (Å²) in [7, 11) is 1.62. The van der Waals surface area contributed by atoms with Crippen molar-refractivity contribution in [3.63, 3.8) is 0 Å². The van der Waals surface area contributed by atoms with Gasteiger partial charge in [0, 0.05) is 7.05 Å². The summed E-state index contributed by atoms with van der Waals surface area (Å²) in [6, 6.07) is 4.87. The van der Waals surface area contributed by atoms with Crippen LogP contribution in [0.25, 0.3) is 0 Å². The quantitative estimate of drug-likeness (QED) is 0.548. The fraction of sp³-hybridized carbons (Fsp3) is 0.474. The van der Waals surface area contributed by atoms with E-state index in [0.29, 0.717) is 31.4 Å². The van der Waals surface area contributed by atoms with Crippen molar-refractivity contribution >= 4 is 5.96 Å². The van der Waals surface area contributed by atoms with E-state index < -0.39 is 11.7 Å². The molecule has 0 spiro atoms. The zero-order valence-electron chi connectivity index (χ0n) is 16.4. The molecule has 1 unspecified atom stereocenters. The molecule has 0 aliphatic rings. The van der Waals surface area contributed by atoms with Crippen LogP contribution in [-0.2, 0) is 12.7 Å². The highest BCUT2D eigenvalue weighted by atomic mass is 19.4. The lowest BCUT2D eigenvalue weighted by atomic mass is 10.2. The fourth-order valence-electron chi connectivity index (χ4n) is 2.41. The van der Waals surface area contributed by atoms with Gasteiger partial charge in [-0.3, -0.25) is 4.99 Å². The molecule has 0 bridgehead atoms. The average Bonchev–Trinajstić information content (AvgIpc) is 2.98. The normalized spacial score (nSPS) is 13.3. The molecule has 0 amide bonds. The molecule has 9 heteroatoms. The zero-order chi connectivity index (χ0) is 20.7. The predicted molar refractivity (Wildman–Crippen MR) is 100 cm³/mol. The molecule has 28 heavy (non-hydrogen) atoms. The smallest absolute Gasteiger partial charge is 0.416 e. The van der Waals surface area contributed by atoms with Crippen LogP contribution in [0.4, 0.5) is 13.2 Å². The number of rotatable bonds is 7. The standard InChI is InChI=1S/C19H25F3N4O2/c1-5-15(28-16-8-6-7-14(9-16)19(20,21)22)10-24-18(23-4)25-11-17-26-12(2)13(3)27-17/h6-9,15H,5,10-11H2,1-4H3,(H2,23,24,25). The lowest BCUT2D eigenvalue weighted by Crippen LogP contribution is -2.42. The first-order chi connectivity index (χ1) is 13.2. The van der Waals surface area contributed by atoms with E-state index in [0.717, 1.165) is 23.6 Å². The molecule has 154 valence electrons. The van der Waals surface area contributed by atoms with Gasteiger partial charge in [0.1, 0.15) is 17.6 Å². The lowest BCUT2D eigenvalue weighted by Gasteiger charge is -2.20. The van der Waals surface area contributed by atoms with Crippen molar-refractivity contribution in [2.45, 2.75) is 46.0 Å². The van der Waals surface area contributed by atoms with Crippen molar-refractivity contribution in [2.75, 3.05) is 13.6 Å². The van der Waals surface area contributed by atoms with Crippen LogP contribution < -0.4 is 15.4 Å². The predicted octanol–water partition coefficient (Wildman–Crippen LogP) is 3.83. The van der Waals surface area contributed by atoms with Crippen molar-refractivity contribution in [3.05, 3.63) is 47.2 Å². The summed E-state index contributed by atoms with van der Waals surface area (Å²) < 4.78 is 49.7. The van der Waals surface area contributed by atoms with Gasteiger partial charge in [-0.25, -0.2) is 4.98 Å². The number of halogens is 3. The Bertz CT molecular complexity index is 783. The topological polar surface area (TPSA) is 71.7 Å². The largest absolute Gasteiger partial charge is 0.489 e. The second-order valence-corrected chi connectivity index (χ2v) is 6.23. The first kappa shape index (κ1) is 21.6. The average molecular weight is 398 g/mol. The van der Waals surface area contributed by atoms with Crippen molar-refractivity contribution in [2.24, 2.45) is 4.99 Å². The molecule has 0 aliphatic carbocycles. The van der Waals surface area contributed by atoms with Gasteiger partial charge in [-0.05, 0) is 38.5 Å². The van der Waals surface area contributed by atoms with E-state index >= 15 is 0 Å². The molecule has 6 nitrogen and oxygen atoms in total. The summed E-state index contributed by atoms with van der Waals surface area (Å²) in [5.41, 5.74) is 0.0992. The Balaban J connectivity index is 1.89. The van der Waals surface area contributed by atoms with Crippen molar-refractivity contribution in [1.29, 1.82) is 0 Å². The molecule has 0 aliphatic heterocycles. The first-order valence-electron chi connectivity index (χ1n) is 8.94. The second kappa shape index (κ2) is 9.48. The van der Waals surface area contributed by atoms with Crippen LogP contribution in [0.2, 0.25) is 0 Å². The SMILES string of the molecule is CCC(CNC(=NC)NCc1nc(C)c(C)o1)Oc1cccc(C(F)(F)F)c1. The maximum Gasteiger partial charge on any atom is 0.416 e. The number of aromatic nitrogens is 1. The Labute approximate surface area is 162 Å². The molecular weight excluding hydrogens is 373 g/mol. The first-order valence-corrected chi connectivity index (χ1v) is 8.94. The van der Waals surface area contributed by atoms with Crippen LogP contribution in [0.15, 0.2) is 33.7 Å². The molecule has 1 aromatic carbocycles. The summed E-state index contributed by atoms with van der Waals surface area (Å²) in [5, 5.41) is 6.18. The number of oxazole rings is 1. The molecule has 2 aromatic rings. The Kier molecular flexibility index (Phi) is 7.31. The molecule has 2 rings (SSSR count). The van der Waals surface area contributed by atoms with Crippen molar-refractivity contribution in [3.8, 4) is 5.75 Å². The monoisotopic (exact) mass is 398 g/mol. The van der Waals surface area contributed by atoms with Gasteiger partial charge in [0.05, 0.1) is 24.3 Å². The van der Waals surface area contributed by atoms with E-state index in [1.54, 1.807) is 7.05 Å². The van der Waals surface area contributed by atoms with Crippen LogP contribution in [0.3, 0.4) is 0 Å². The van der Waals surface area contributed by atoms with Crippen molar-refractivity contribution < 1.29 is 22.3 Å². The molecule has 0 fully saturated rings. The molecule has 1 atom stereocenters. The van der Waals surface area contributed by atoms with E-state index in [4.69, 9.17) is 9.15 Å². The van der Waals surface area contributed by atoms with Gasteiger partial charge < -0.3 is 19.8 Å². The lowest BCUT2D eigenvalue weighted by molar-refractivity contribution is -0.137. The summed E-state index contributed by atoms with van der Waals surface area (Å²) in [5.74, 6) is 2.00. The fourth-order valence-corrected chi connectivity index (χ4v) is 2.41. The van der Waals surface area contributed by atoms with Crippen LogP contribution in [0, 0.1) is 13.8 Å². The van der Waals surface area contributed by atoms with Gasteiger partial charge in [-0.2, -0.15) is 13.2 Å². The number of hydrogen-bond donors (Lipinski definition) is 2. The molecule has 0 saturated heterocycles. The Morgan fingerprint density at radius 1 is 1.29 bits per heavy atom. The molecule has 1 heterocycles. The maximum atomic E-state index is 12.8. The molecule has 0 radical (unpaired) electrons. The van der Waals surface area contributed by atoms with Gasteiger partial charge in [0.2, 0.25) is 5.89 Å². The van der Waals surface area contributed by atoms with E-state index in [-0.39, 0.29) is 11.9 Å². The highest BCUT2D eigenvalue weighted by Gasteiger charge is 2.30. The molecule has 0 saturated carbocycles. The Hall–Kier alpha value is -2.71. The summed E-state index contributed by atoms with van der Waals surface area (Å²) in [6.45, 7) is 6.34. The molecule has 2 N–H and O–H groups in total. The summed E-state index contributed by atoms with van der Waals surface area (Å²) >= 11 is 0. The van der Waals surface area contributed by atoms with Gasteiger partial charge in [-0.1, -0.05) is 13.0 Å². The number of aryl methyl sites for hydroxylation is 2. The number of nitrogens with one attached hydrogen (secondary N) is 2. The third kappa shape index (κ3) is 6.17. The molecular formula is C19H25F3N4O2. The van der Waals surface area contributed by atoms with Gasteiger partial charge in [-0.15, -0.1) is 0 Å². The number of guanidine groups is 1. The van der Waals surface area contributed by atoms with E-state index in [2.05, 4.69) is 20.6 Å². The minimum absolute atomic E-state index is 0.178. The van der Waals surface area contributed by atoms with E-state index in [1.807, 2.05) is 20.8 Å². The minimum atomic E-state index is -4.40. The maximum absolute atomic E-state index is 12.8. The van der Waals surface area contributed by atoms with E-state index in [1.165, 1.54) is 12.1 Å². The number of hydrogen-bond acceptors (Lipinski definition) is 4. The third-order valence-electron chi connectivity index (χ3n) is 4.12. The Morgan fingerprint density at radius 2 is 2.04 bits per heavy atom. The van der Waals surface area contributed by atoms with Gasteiger partial charge >= 0.3 is 6.18 Å². The number of benzene rings is 1. The number of ether oxygens (including phenoxy) is 1. The number of alkyl halides is 3. The number of nitrogens with zero attached hydrogens (tertiary/aromatic N) is 2. The van der Waals surface area contributed by atoms with Gasteiger partial charge in [0.25, 0.3) is 0 Å². The minimum Gasteiger partial charge on any atom is -0.489 e. The van der Waals surface area contributed by atoms with Crippen molar-refractivity contribution in [1.82, 2.24) is 15.6 Å². The number of aliphatic imine (C=N–C) groups is 1. The van der Waals surface area contributed by atoms with Crippen LogP contribution in [0.1, 0.15) is 36.3 Å². The summed E-state index contributed by atoms with van der Waals surface area (Å²) in [6.07, 6.45) is -4.12. The summed E-state index contributed by atoms with van der Waals surface area (Å²) in [4.78, 5) is 8.40. The van der Waals surface area contributed by atoms with Crippen LogP contribution >= 0.6 is 0 Å². The third-order valence-corrected chi connectivity index (χ3v) is 4.12. The van der Waals surface area contributed by atoms with Crippen LogP contribution in [0.5, 0.6) is 5.75 Å². The zero-order valence-corrected chi connectivity index (χ0v) is 16.4. The second-order valence-electron chi connectivity index (χ2n) is 6.23. The van der Waals surface area contributed by atoms with Gasteiger partial charge in [0.15, 0.2) is 5.96 Å². The Morgan fingerprint density at radius 3 is 2.61 bits per heavy atom. The highest BCUT2D eigenvalue weighted by molar-refractivity contribution is 5.79.